The van der Waals surface area contributed by atoms with Crippen LogP contribution in [0.25, 0.3) is 0 Å². The second-order valence-electron chi connectivity index (χ2n) is 2.98. The molecule has 106 valence electrons. The van der Waals surface area contributed by atoms with Crippen LogP contribution in [-0.2, 0) is 14.4 Å². The van der Waals surface area contributed by atoms with E-state index >= 15 is 0 Å². The van der Waals surface area contributed by atoms with Crippen LogP contribution in [0.2, 0.25) is 0 Å². The van der Waals surface area contributed by atoms with Crippen molar-refractivity contribution in [3.8, 4) is 0 Å². The molecule has 2 N–H and O–H groups in total. The topological polar surface area (TPSA) is 75.3 Å². The van der Waals surface area contributed by atoms with Crippen molar-refractivity contribution in [3.63, 3.8) is 0 Å². The minimum atomic E-state index is -0.168. The molecule has 19 heavy (non-hydrogen) atoms. The van der Waals surface area contributed by atoms with Gasteiger partial charge in [-0.3, -0.25) is 15.9 Å². The number of thioether (sulfide) groups is 1. The van der Waals surface area contributed by atoms with Gasteiger partial charge >= 0.3 is 51.4 Å². The second kappa shape index (κ2) is 20.9. The normalized spacial score (nSPS) is 8.37. The van der Waals surface area contributed by atoms with Crippen molar-refractivity contribution >= 4 is 29.9 Å². The SMILES string of the molecule is CC.CCSCC(=O)NCCC(=O)NCC[C-]=O.[K+]. The van der Waals surface area contributed by atoms with Gasteiger partial charge in [-0.2, -0.15) is 11.8 Å². The van der Waals surface area contributed by atoms with Gasteiger partial charge in [0.25, 0.3) is 0 Å². The van der Waals surface area contributed by atoms with Gasteiger partial charge in [0.15, 0.2) is 0 Å². The first kappa shape index (κ1) is 24.6. The largest absolute Gasteiger partial charge is 1.00 e. The number of hydrogen-bond donors (Lipinski definition) is 2. The van der Waals surface area contributed by atoms with Gasteiger partial charge in [0.05, 0.1) is 5.75 Å². The Bertz CT molecular complexity index is 241. The van der Waals surface area contributed by atoms with Crippen LogP contribution in [-0.4, -0.2) is 42.7 Å². The van der Waals surface area contributed by atoms with E-state index in [-0.39, 0.29) is 76.0 Å². The molecule has 2 amide bonds. The van der Waals surface area contributed by atoms with E-state index < -0.39 is 0 Å². The summed E-state index contributed by atoms with van der Waals surface area (Å²) < 4.78 is 0. The number of nitrogens with one attached hydrogen (secondary N) is 2. The van der Waals surface area contributed by atoms with Crippen molar-refractivity contribution < 1.29 is 65.8 Å². The molecule has 0 aromatic heterocycles. The zero-order chi connectivity index (χ0) is 14.2. The Morgan fingerprint density at radius 3 is 2.21 bits per heavy atom. The third-order valence-electron chi connectivity index (χ3n) is 1.66. The molecule has 0 bridgehead atoms. The Morgan fingerprint density at radius 1 is 1.11 bits per heavy atom. The molecule has 0 aliphatic carbocycles. The van der Waals surface area contributed by atoms with Crippen LogP contribution in [0.5, 0.6) is 0 Å². The van der Waals surface area contributed by atoms with E-state index in [0.717, 1.165) is 5.75 Å². The molecule has 0 aromatic rings. The van der Waals surface area contributed by atoms with Crippen molar-refractivity contribution in [2.75, 3.05) is 24.6 Å². The fraction of sp³-hybridized carbons (Fsp3) is 0.750. The van der Waals surface area contributed by atoms with Gasteiger partial charge in [-0.15, -0.1) is 6.42 Å². The molecular formula is C12H23KN2O3S. The van der Waals surface area contributed by atoms with Gasteiger partial charge in [0, 0.05) is 13.0 Å². The molecule has 0 aliphatic rings. The summed E-state index contributed by atoms with van der Waals surface area (Å²) in [6.07, 6.45) is 2.12. The summed E-state index contributed by atoms with van der Waals surface area (Å²) in [6.45, 7) is 6.62. The van der Waals surface area contributed by atoms with E-state index in [1.807, 2.05) is 20.8 Å². The van der Waals surface area contributed by atoms with Crippen molar-refractivity contribution in [2.24, 2.45) is 0 Å². The molecule has 0 spiro atoms. The summed E-state index contributed by atoms with van der Waals surface area (Å²) >= 11 is 1.54. The minimum absolute atomic E-state index is 0. The zero-order valence-electron chi connectivity index (χ0n) is 12.4. The van der Waals surface area contributed by atoms with Gasteiger partial charge in [-0.25, -0.2) is 0 Å². The molecule has 7 heteroatoms. The average molecular weight is 314 g/mol. The Hall–Kier alpha value is 0.596. The third-order valence-corrected chi connectivity index (χ3v) is 2.54. The van der Waals surface area contributed by atoms with Crippen LogP contribution in [0.1, 0.15) is 33.6 Å². The summed E-state index contributed by atoms with van der Waals surface area (Å²) in [5.41, 5.74) is 0. The second-order valence-corrected chi connectivity index (χ2v) is 4.26. The summed E-state index contributed by atoms with van der Waals surface area (Å²) in [6, 6.07) is 0. The first-order valence-corrected chi connectivity index (χ1v) is 7.32. The van der Waals surface area contributed by atoms with E-state index in [0.29, 0.717) is 18.8 Å². The van der Waals surface area contributed by atoms with E-state index in [2.05, 4.69) is 10.6 Å². The van der Waals surface area contributed by atoms with Gasteiger partial charge in [0.1, 0.15) is 0 Å². The summed E-state index contributed by atoms with van der Waals surface area (Å²) in [4.78, 5) is 32.1. The summed E-state index contributed by atoms with van der Waals surface area (Å²) in [5, 5.41) is 5.18. The van der Waals surface area contributed by atoms with Gasteiger partial charge in [-0.05, 0) is 12.3 Å². The third kappa shape index (κ3) is 21.1. The fourth-order valence-corrected chi connectivity index (χ4v) is 1.39. The number of amides is 2. The van der Waals surface area contributed by atoms with Crippen molar-refractivity contribution in [1.82, 2.24) is 10.6 Å². The van der Waals surface area contributed by atoms with Crippen LogP contribution >= 0.6 is 11.8 Å². The molecule has 0 aromatic carbocycles. The van der Waals surface area contributed by atoms with Crippen LogP contribution in [0, 0.1) is 0 Å². The van der Waals surface area contributed by atoms with Crippen LogP contribution < -0.4 is 62.0 Å². The van der Waals surface area contributed by atoms with Crippen molar-refractivity contribution in [3.05, 3.63) is 0 Å². The van der Waals surface area contributed by atoms with E-state index in [4.69, 9.17) is 0 Å². The maximum atomic E-state index is 11.1. The Balaban J connectivity index is -0.000000809. The van der Waals surface area contributed by atoms with Crippen molar-refractivity contribution in [2.45, 2.75) is 33.6 Å². The van der Waals surface area contributed by atoms with Crippen molar-refractivity contribution in [1.29, 1.82) is 0 Å². The fourth-order valence-electron chi connectivity index (χ4n) is 0.903. The van der Waals surface area contributed by atoms with E-state index in [9.17, 15) is 14.4 Å². The molecule has 0 heterocycles. The van der Waals surface area contributed by atoms with Crippen LogP contribution in [0.3, 0.4) is 0 Å². The molecule has 0 atom stereocenters. The molecule has 0 fully saturated rings. The smallest absolute Gasteiger partial charge is 0.542 e. The molecule has 0 aliphatic heterocycles. The Morgan fingerprint density at radius 2 is 1.68 bits per heavy atom. The Labute approximate surface area is 162 Å². The molecule has 5 nitrogen and oxygen atoms in total. The number of carbonyl (C=O) groups excluding carboxylic acids is 3. The van der Waals surface area contributed by atoms with Crippen LogP contribution in [0.15, 0.2) is 0 Å². The van der Waals surface area contributed by atoms with E-state index in [1.54, 1.807) is 6.29 Å². The van der Waals surface area contributed by atoms with Gasteiger partial charge in [-0.1, -0.05) is 20.8 Å². The van der Waals surface area contributed by atoms with Crippen LogP contribution in [0.4, 0.5) is 0 Å². The summed E-state index contributed by atoms with van der Waals surface area (Å²) in [7, 11) is 0. The Kier molecular flexibility index (Phi) is 27.1. The molecule has 0 radical (unpaired) electrons. The van der Waals surface area contributed by atoms with E-state index in [1.165, 1.54) is 11.8 Å². The first-order chi connectivity index (χ1) is 8.70. The number of hydrogen-bond acceptors (Lipinski definition) is 4. The quantitative estimate of drug-likeness (QED) is 0.290. The molecule has 0 saturated heterocycles. The molecule has 0 unspecified atom stereocenters. The number of rotatable bonds is 9. The van der Waals surface area contributed by atoms with Gasteiger partial charge in [0.2, 0.25) is 11.8 Å². The zero-order valence-corrected chi connectivity index (χ0v) is 16.3. The van der Waals surface area contributed by atoms with Gasteiger partial charge < -0.3 is 15.4 Å². The average Bonchev–Trinajstić information content (AvgIpc) is 2.39. The first-order valence-electron chi connectivity index (χ1n) is 6.16. The monoisotopic (exact) mass is 314 g/mol. The predicted octanol–water partition coefficient (Wildman–Crippen LogP) is -2.11. The number of carbonyl (C=O) groups is 2. The molecule has 0 saturated carbocycles. The molecular weight excluding hydrogens is 291 g/mol. The predicted molar refractivity (Wildman–Crippen MR) is 75.3 cm³/mol. The standard InChI is InChI=1S/C10H17N2O3S.C2H6.K/c1-2-16-8-10(15)12-6-4-9(14)11-5-3-7-13;1-2;/h2-6,8H2,1H3,(H,11,14)(H,12,15);1-2H3;/q-1;;+1. The molecule has 0 rings (SSSR count). The summed E-state index contributed by atoms with van der Waals surface area (Å²) in [5.74, 6) is 1.11. The maximum Gasteiger partial charge on any atom is 1.00 e. The maximum absolute atomic E-state index is 11.1. The minimum Gasteiger partial charge on any atom is -0.542 e.